The summed E-state index contributed by atoms with van der Waals surface area (Å²) in [4.78, 5) is 22.7. The predicted octanol–water partition coefficient (Wildman–Crippen LogP) is 2.86. The van der Waals surface area contributed by atoms with Crippen LogP contribution in [0.25, 0.3) is 0 Å². The van der Waals surface area contributed by atoms with Crippen molar-refractivity contribution in [2.45, 2.75) is 58.5 Å². The minimum absolute atomic E-state index is 0.380. The van der Waals surface area contributed by atoms with Crippen molar-refractivity contribution in [3.8, 4) is 0 Å². The molecular formula is C15H24O4. The van der Waals surface area contributed by atoms with Crippen LogP contribution in [0.1, 0.15) is 52.9 Å². The second kappa shape index (κ2) is 5.14. The van der Waals surface area contributed by atoms with Crippen LogP contribution in [0.4, 0.5) is 0 Å². The van der Waals surface area contributed by atoms with Crippen molar-refractivity contribution in [3.05, 3.63) is 0 Å². The topological polar surface area (TPSA) is 63.6 Å². The molecule has 19 heavy (non-hydrogen) atoms. The highest BCUT2D eigenvalue weighted by molar-refractivity contribution is 5.93. The van der Waals surface area contributed by atoms with Gasteiger partial charge in [-0.25, -0.2) is 0 Å². The smallest absolute Gasteiger partial charge is 0.320 e. The largest absolute Gasteiger partial charge is 0.481 e. The molecular weight excluding hydrogens is 244 g/mol. The van der Waals surface area contributed by atoms with Crippen LogP contribution in [0, 0.1) is 23.7 Å². The number of hydrogen-bond acceptors (Lipinski definition) is 3. The number of carboxylic acids is 1. The van der Waals surface area contributed by atoms with Gasteiger partial charge in [0.15, 0.2) is 5.92 Å². The molecule has 3 aliphatic rings. The molecule has 3 aliphatic carbocycles. The first-order chi connectivity index (χ1) is 8.81. The van der Waals surface area contributed by atoms with E-state index in [9.17, 15) is 9.59 Å². The standard InChI is InChI=1S/C15H24O4/c1-9(13(16)17)14(18)19-15(2,3)12-8-10-4-6-11(12)7-5-10/h9-12H,4-8H2,1-3H3,(H,16,17). The van der Waals surface area contributed by atoms with E-state index in [4.69, 9.17) is 9.84 Å². The van der Waals surface area contributed by atoms with Gasteiger partial charge < -0.3 is 9.84 Å². The number of rotatable bonds is 4. The maximum absolute atomic E-state index is 11.8. The lowest BCUT2D eigenvalue weighted by atomic mass is 9.60. The molecule has 2 unspecified atom stereocenters. The van der Waals surface area contributed by atoms with Gasteiger partial charge in [0.2, 0.25) is 0 Å². The van der Waals surface area contributed by atoms with Gasteiger partial charge in [0.1, 0.15) is 5.60 Å². The van der Waals surface area contributed by atoms with Crippen LogP contribution >= 0.6 is 0 Å². The Bertz CT molecular complexity index is 366. The molecule has 3 saturated carbocycles. The third-order valence-corrected chi connectivity index (χ3v) is 5.03. The highest BCUT2D eigenvalue weighted by Gasteiger charge is 2.45. The zero-order chi connectivity index (χ0) is 14.2. The van der Waals surface area contributed by atoms with Crippen LogP contribution in [-0.4, -0.2) is 22.6 Å². The van der Waals surface area contributed by atoms with Gasteiger partial charge in [-0.2, -0.15) is 0 Å². The highest BCUT2D eigenvalue weighted by atomic mass is 16.6. The summed E-state index contributed by atoms with van der Waals surface area (Å²) in [5, 5.41) is 8.86. The third-order valence-electron chi connectivity index (χ3n) is 5.03. The van der Waals surface area contributed by atoms with Crippen molar-refractivity contribution in [3.63, 3.8) is 0 Å². The third kappa shape index (κ3) is 2.93. The summed E-state index contributed by atoms with van der Waals surface area (Å²) < 4.78 is 5.53. The zero-order valence-corrected chi connectivity index (χ0v) is 12.0. The van der Waals surface area contributed by atoms with Crippen LogP contribution in [0.3, 0.4) is 0 Å². The molecule has 0 saturated heterocycles. The first kappa shape index (κ1) is 14.4. The van der Waals surface area contributed by atoms with E-state index in [1.165, 1.54) is 32.6 Å². The Morgan fingerprint density at radius 2 is 1.79 bits per heavy atom. The zero-order valence-electron chi connectivity index (χ0n) is 12.0. The van der Waals surface area contributed by atoms with Gasteiger partial charge >= 0.3 is 11.9 Å². The molecule has 0 amide bonds. The quantitative estimate of drug-likeness (QED) is 0.629. The molecule has 0 heterocycles. The summed E-state index contributed by atoms with van der Waals surface area (Å²) in [7, 11) is 0. The normalized spacial score (nSPS) is 31.8. The lowest BCUT2D eigenvalue weighted by molar-refractivity contribution is -0.177. The SMILES string of the molecule is CC(C(=O)O)C(=O)OC(C)(C)C1CC2CCC1CC2. The van der Waals surface area contributed by atoms with E-state index in [0.717, 1.165) is 12.3 Å². The molecule has 0 spiro atoms. The fourth-order valence-corrected chi connectivity index (χ4v) is 3.75. The van der Waals surface area contributed by atoms with Gasteiger partial charge in [0.25, 0.3) is 0 Å². The molecule has 0 aliphatic heterocycles. The van der Waals surface area contributed by atoms with E-state index in [0.29, 0.717) is 11.8 Å². The Morgan fingerprint density at radius 3 is 2.21 bits per heavy atom. The molecule has 2 bridgehead atoms. The van der Waals surface area contributed by atoms with Crippen LogP contribution in [0.2, 0.25) is 0 Å². The van der Waals surface area contributed by atoms with Crippen molar-refractivity contribution in [2.75, 3.05) is 0 Å². The molecule has 0 aromatic heterocycles. The van der Waals surface area contributed by atoms with Crippen molar-refractivity contribution in [2.24, 2.45) is 23.7 Å². The van der Waals surface area contributed by atoms with Gasteiger partial charge in [-0.1, -0.05) is 12.8 Å². The molecule has 2 atom stereocenters. The predicted molar refractivity (Wildman–Crippen MR) is 70.5 cm³/mol. The first-order valence-corrected chi connectivity index (χ1v) is 7.27. The number of carbonyl (C=O) groups is 2. The fraction of sp³-hybridized carbons (Fsp3) is 0.867. The Morgan fingerprint density at radius 1 is 1.21 bits per heavy atom. The van der Waals surface area contributed by atoms with Crippen LogP contribution in [0.15, 0.2) is 0 Å². The van der Waals surface area contributed by atoms with Gasteiger partial charge in [0, 0.05) is 5.92 Å². The number of esters is 1. The monoisotopic (exact) mass is 268 g/mol. The van der Waals surface area contributed by atoms with Gasteiger partial charge in [0.05, 0.1) is 0 Å². The summed E-state index contributed by atoms with van der Waals surface area (Å²) in [5.41, 5.74) is -0.551. The molecule has 4 heteroatoms. The van der Waals surface area contributed by atoms with Crippen LogP contribution in [0.5, 0.6) is 0 Å². The van der Waals surface area contributed by atoms with Crippen LogP contribution < -0.4 is 0 Å². The Balaban J connectivity index is 2.02. The van der Waals surface area contributed by atoms with Gasteiger partial charge in [-0.15, -0.1) is 0 Å². The molecule has 0 aromatic rings. The Kier molecular flexibility index (Phi) is 3.88. The molecule has 3 fully saturated rings. The molecule has 0 radical (unpaired) electrons. The lowest BCUT2D eigenvalue weighted by Gasteiger charge is -2.48. The number of ether oxygens (including phenoxy) is 1. The highest BCUT2D eigenvalue weighted by Crippen LogP contribution is 2.49. The molecule has 0 aromatic carbocycles. The number of carboxylic acid groups (broad SMARTS) is 1. The molecule has 4 nitrogen and oxygen atoms in total. The summed E-state index contributed by atoms with van der Waals surface area (Å²) in [6.07, 6.45) is 6.18. The molecule has 108 valence electrons. The van der Waals surface area contributed by atoms with Crippen molar-refractivity contribution < 1.29 is 19.4 Å². The average Bonchev–Trinajstić information content (AvgIpc) is 2.38. The maximum Gasteiger partial charge on any atom is 0.320 e. The van der Waals surface area contributed by atoms with E-state index < -0.39 is 23.5 Å². The van der Waals surface area contributed by atoms with Crippen molar-refractivity contribution >= 4 is 11.9 Å². The summed E-state index contributed by atoms with van der Waals surface area (Å²) in [5.74, 6) is -1.03. The second-order valence-corrected chi connectivity index (χ2v) is 6.71. The summed E-state index contributed by atoms with van der Waals surface area (Å²) >= 11 is 0. The van der Waals surface area contributed by atoms with Crippen LogP contribution in [-0.2, 0) is 14.3 Å². The van der Waals surface area contributed by atoms with Crippen molar-refractivity contribution in [1.29, 1.82) is 0 Å². The average molecular weight is 268 g/mol. The summed E-state index contributed by atoms with van der Waals surface area (Å²) in [6.45, 7) is 5.25. The minimum Gasteiger partial charge on any atom is -0.481 e. The van der Waals surface area contributed by atoms with E-state index in [-0.39, 0.29) is 0 Å². The second-order valence-electron chi connectivity index (χ2n) is 6.71. The number of carbonyl (C=O) groups excluding carboxylic acids is 1. The first-order valence-electron chi connectivity index (χ1n) is 7.27. The maximum atomic E-state index is 11.8. The summed E-state index contributed by atoms with van der Waals surface area (Å²) in [6, 6.07) is 0. The molecule has 1 N–H and O–H groups in total. The number of fused-ring (bicyclic) bond motifs is 3. The minimum atomic E-state index is -1.12. The fourth-order valence-electron chi connectivity index (χ4n) is 3.75. The lowest BCUT2D eigenvalue weighted by Crippen LogP contribution is -2.47. The van der Waals surface area contributed by atoms with E-state index in [1.54, 1.807) is 0 Å². The van der Waals surface area contributed by atoms with Gasteiger partial charge in [-0.3, -0.25) is 9.59 Å². The van der Waals surface area contributed by atoms with E-state index in [1.807, 2.05) is 13.8 Å². The molecule has 3 rings (SSSR count). The number of aliphatic carboxylic acids is 1. The van der Waals surface area contributed by atoms with Gasteiger partial charge in [-0.05, 0) is 51.9 Å². The van der Waals surface area contributed by atoms with E-state index >= 15 is 0 Å². The Hall–Kier alpha value is -1.06. The van der Waals surface area contributed by atoms with E-state index in [2.05, 4.69) is 0 Å². The number of hydrogen-bond donors (Lipinski definition) is 1. The van der Waals surface area contributed by atoms with Crippen molar-refractivity contribution in [1.82, 2.24) is 0 Å². The Labute approximate surface area is 114 Å².